The van der Waals surface area contributed by atoms with Crippen LogP contribution < -0.4 is 5.32 Å². The second-order valence-corrected chi connectivity index (χ2v) is 7.42. The Morgan fingerprint density at radius 2 is 2.10 bits per heavy atom. The lowest BCUT2D eigenvalue weighted by Crippen LogP contribution is -2.34. The molecule has 1 fully saturated rings. The van der Waals surface area contributed by atoms with Crippen molar-refractivity contribution in [2.75, 3.05) is 0 Å². The van der Waals surface area contributed by atoms with Crippen LogP contribution >= 0.6 is 22.7 Å². The molecule has 0 spiro atoms. The molecule has 0 aliphatic carbocycles. The summed E-state index contributed by atoms with van der Waals surface area (Å²) in [5.74, 6) is 0.513. The zero-order valence-electron chi connectivity index (χ0n) is 12.5. The largest absolute Gasteiger partial charge is 0.317 e. The Hall–Kier alpha value is -1.17. The fraction of sp³-hybridized carbons (Fsp3) is 0.438. The molecule has 3 heterocycles. The molecule has 21 heavy (non-hydrogen) atoms. The molecular formula is C16H20N2OS2. The fourth-order valence-corrected chi connectivity index (χ4v) is 4.25. The number of thiophene rings is 2. The van der Waals surface area contributed by atoms with Crippen molar-refractivity contribution in [3.8, 4) is 0 Å². The predicted octanol–water partition coefficient (Wildman–Crippen LogP) is 3.77. The van der Waals surface area contributed by atoms with Crippen LogP contribution in [-0.4, -0.2) is 16.8 Å². The lowest BCUT2D eigenvalue weighted by Gasteiger charge is -2.23. The highest BCUT2D eigenvalue weighted by Gasteiger charge is 2.41. The zero-order valence-corrected chi connectivity index (χ0v) is 14.1. The van der Waals surface area contributed by atoms with E-state index in [1.54, 1.807) is 22.7 Å². The number of aryl methyl sites for hydroxylation is 1. The highest BCUT2D eigenvalue weighted by molar-refractivity contribution is 7.08. The van der Waals surface area contributed by atoms with Crippen LogP contribution in [0.15, 0.2) is 27.6 Å². The second kappa shape index (κ2) is 5.91. The molecule has 1 saturated heterocycles. The molecular weight excluding hydrogens is 300 g/mol. The molecule has 3 rings (SSSR count). The van der Waals surface area contributed by atoms with Crippen LogP contribution in [0.25, 0.3) is 0 Å². The summed E-state index contributed by atoms with van der Waals surface area (Å²) in [7, 11) is 0. The summed E-state index contributed by atoms with van der Waals surface area (Å²) in [6, 6.07) is 2.01. The Kier molecular flexibility index (Phi) is 4.15. The van der Waals surface area contributed by atoms with Crippen molar-refractivity contribution in [1.82, 2.24) is 10.2 Å². The SMILES string of the molecule is Cc1cscc1CN1C(=O)C(C(C)C)NC1c1ccsc1. The Morgan fingerprint density at radius 3 is 2.67 bits per heavy atom. The maximum atomic E-state index is 12.8. The summed E-state index contributed by atoms with van der Waals surface area (Å²) in [5, 5.41) is 12.0. The standard InChI is InChI=1S/C16H20N2OS2/c1-10(2)14-16(19)18(6-13-9-21-7-11(13)3)15(17-14)12-4-5-20-8-12/h4-5,7-10,14-15,17H,6H2,1-3H3. The van der Waals surface area contributed by atoms with E-state index in [2.05, 4.69) is 53.7 Å². The van der Waals surface area contributed by atoms with Gasteiger partial charge in [0.05, 0.1) is 6.04 Å². The molecule has 0 saturated carbocycles. The monoisotopic (exact) mass is 320 g/mol. The molecule has 1 aliphatic rings. The number of carbonyl (C=O) groups is 1. The van der Waals surface area contributed by atoms with E-state index in [0.29, 0.717) is 12.5 Å². The molecule has 2 aromatic rings. The first-order valence-electron chi connectivity index (χ1n) is 7.18. The van der Waals surface area contributed by atoms with Crippen molar-refractivity contribution < 1.29 is 4.79 Å². The molecule has 2 atom stereocenters. The normalized spacial score (nSPS) is 22.5. The molecule has 3 nitrogen and oxygen atoms in total. The van der Waals surface area contributed by atoms with Crippen LogP contribution in [0.1, 0.15) is 36.7 Å². The highest BCUT2D eigenvalue weighted by atomic mass is 32.1. The molecule has 0 aromatic carbocycles. The van der Waals surface area contributed by atoms with Crippen molar-refractivity contribution in [1.29, 1.82) is 0 Å². The minimum absolute atomic E-state index is 0.00421. The molecule has 1 amide bonds. The lowest BCUT2D eigenvalue weighted by atomic mass is 10.0. The summed E-state index contributed by atoms with van der Waals surface area (Å²) in [6.45, 7) is 6.99. The van der Waals surface area contributed by atoms with Crippen LogP contribution in [0.3, 0.4) is 0 Å². The van der Waals surface area contributed by atoms with Gasteiger partial charge in [0.2, 0.25) is 5.91 Å². The average molecular weight is 320 g/mol. The van der Waals surface area contributed by atoms with E-state index in [1.165, 1.54) is 16.7 Å². The number of nitrogens with one attached hydrogen (secondary N) is 1. The van der Waals surface area contributed by atoms with Crippen molar-refractivity contribution in [3.63, 3.8) is 0 Å². The Labute approximate surface area is 133 Å². The predicted molar refractivity (Wildman–Crippen MR) is 88.4 cm³/mol. The quantitative estimate of drug-likeness (QED) is 0.930. The summed E-state index contributed by atoms with van der Waals surface area (Å²) >= 11 is 3.37. The van der Waals surface area contributed by atoms with Crippen LogP contribution in [0.5, 0.6) is 0 Å². The van der Waals surface area contributed by atoms with E-state index >= 15 is 0 Å². The van der Waals surface area contributed by atoms with Crippen molar-refractivity contribution in [2.45, 2.75) is 39.5 Å². The van der Waals surface area contributed by atoms with E-state index in [0.717, 1.165) is 0 Å². The van der Waals surface area contributed by atoms with Gasteiger partial charge in [0, 0.05) is 6.54 Å². The minimum atomic E-state index is -0.0890. The number of amides is 1. The van der Waals surface area contributed by atoms with E-state index in [-0.39, 0.29) is 18.1 Å². The fourth-order valence-electron chi connectivity index (χ4n) is 2.72. The van der Waals surface area contributed by atoms with E-state index in [4.69, 9.17) is 0 Å². The van der Waals surface area contributed by atoms with Crippen molar-refractivity contribution in [3.05, 3.63) is 44.3 Å². The third kappa shape index (κ3) is 2.78. The summed E-state index contributed by atoms with van der Waals surface area (Å²) in [6.07, 6.45) is -0.00421. The van der Waals surface area contributed by atoms with Gasteiger partial charge in [0.15, 0.2) is 0 Å². The van der Waals surface area contributed by atoms with Gasteiger partial charge < -0.3 is 4.90 Å². The molecule has 0 radical (unpaired) electrons. The maximum absolute atomic E-state index is 12.8. The average Bonchev–Trinajstić information content (AvgIpc) is 3.13. The van der Waals surface area contributed by atoms with E-state index < -0.39 is 0 Å². The first kappa shape index (κ1) is 14.8. The van der Waals surface area contributed by atoms with Crippen LogP contribution in [0.2, 0.25) is 0 Å². The van der Waals surface area contributed by atoms with E-state index in [9.17, 15) is 4.79 Å². The van der Waals surface area contributed by atoms with Gasteiger partial charge in [-0.15, -0.1) is 0 Å². The van der Waals surface area contributed by atoms with Gasteiger partial charge >= 0.3 is 0 Å². The molecule has 5 heteroatoms. The molecule has 112 valence electrons. The van der Waals surface area contributed by atoms with Crippen molar-refractivity contribution in [2.24, 2.45) is 5.92 Å². The molecule has 2 aromatic heterocycles. The third-order valence-electron chi connectivity index (χ3n) is 4.03. The van der Waals surface area contributed by atoms with Crippen LogP contribution in [0.4, 0.5) is 0 Å². The molecule has 0 bridgehead atoms. The zero-order chi connectivity index (χ0) is 15.0. The number of nitrogens with zero attached hydrogens (tertiary/aromatic N) is 1. The molecule has 1 N–H and O–H groups in total. The van der Waals surface area contributed by atoms with E-state index in [1.807, 2.05) is 4.90 Å². The minimum Gasteiger partial charge on any atom is -0.317 e. The van der Waals surface area contributed by atoms with Gasteiger partial charge in [-0.1, -0.05) is 13.8 Å². The maximum Gasteiger partial charge on any atom is 0.241 e. The van der Waals surface area contributed by atoms with Gasteiger partial charge in [0.1, 0.15) is 6.17 Å². The number of hydrogen-bond donors (Lipinski definition) is 1. The lowest BCUT2D eigenvalue weighted by molar-refractivity contribution is -0.131. The number of rotatable bonds is 4. The number of hydrogen-bond acceptors (Lipinski definition) is 4. The van der Waals surface area contributed by atoms with Gasteiger partial charge in [-0.3, -0.25) is 10.1 Å². The third-order valence-corrected chi connectivity index (χ3v) is 5.64. The summed E-state index contributed by atoms with van der Waals surface area (Å²) in [5.41, 5.74) is 3.70. The number of carbonyl (C=O) groups excluding carboxylic acids is 1. The van der Waals surface area contributed by atoms with Gasteiger partial charge in [-0.05, 0) is 57.1 Å². The second-order valence-electron chi connectivity index (χ2n) is 5.89. The summed E-state index contributed by atoms with van der Waals surface area (Å²) in [4.78, 5) is 14.7. The Bertz CT molecular complexity index is 618. The Balaban J connectivity index is 1.90. The van der Waals surface area contributed by atoms with Crippen molar-refractivity contribution >= 4 is 28.6 Å². The Morgan fingerprint density at radius 1 is 1.29 bits per heavy atom. The van der Waals surface area contributed by atoms with Gasteiger partial charge in [-0.2, -0.15) is 22.7 Å². The van der Waals surface area contributed by atoms with Crippen LogP contribution in [0, 0.1) is 12.8 Å². The first-order chi connectivity index (χ1) is 10.1. The van der Waals surface area contributed by atoms with Gasteiger partial charge in [-0.25, -0.2) is 0 Å². The van der Waals surface area contributed by atoms with Gasteiger partial charge in [0.25, 0.3) is 0 Å². The molecule has 2 unspecified atom stereocenters. The smallest absolute Gasteiger partial charge is 0.241 e. The topological polar surface area (TPSA) is 32.3 Å². The highest BCUT2D eigenvalue weighted by Crippen LogP contribution is 2.31. The first-order valence-corrected chi connectivity index (χ1v) is 9.06. The molecule has 1 aliphatic heterocycles. The summed E-state index contributed by atoms with van der Waals surface area (Å²) < 4.78 is 0. The van der Waals surface area contributed by atoms with Crippen LogP contribution in [-0.2, 0) is 11.3 Å².